The maximum absolute atomic E-state index is 13.2. The van der Waals surface area contributed by atoms with Crippen LogP contribution in [-0.4, -0.2) is 18.4 Å². The van der Waals surface area contributed by atoms with E-state index in [9.17, 15) is 12.8 Å². The number of nitrogens with one attached hydrogen (secondary N) is 2. The summed E-state index contributed by atoms with van der Waals surface area (Å²) >= 11 is 3.46. The Balaban J connectivity index is 1.78. The number of hydrogen-bond acceptors (Lipinski definition) is 5. The van der Waals surface area contributed by atoms with Crippen molar-refractivity contribution in [2.24, 2.45) is 0 Å². The van der Waals surface area contributed by atoms with Gasteiger partial charge in [0.1, 0.15) is 5.82 Å². The molecule has 0 aliphatic heterocycles. The van der Waals surface area contributed by atoms with Crippen LogP contribution in [0.1, 0.15) is 5.56 Å². The van der Waals surface area contributed by atoms with Gasteiger partial charge in [-0.15, -0.1) is 0 Å². The number of fused-ring (bicyclic) bond motifs is 1. The van der Waals surface area contributed by atoms with E-state index in [0.717, 1.165) is 27.9 Å². The minimum Gasteiger partial charge on any atom is -0.337 e. The number of halogens is 2. The predicted octanol–water partition coefficient (Wildman–Crippen LogP) is 5.38. The quantitative estimate of drug-likeness (QED) is 0.395. The Morgan fingerprint density at radius 1 is 0.900 bits per heavy atom. The minimum absolute atomic E-state index is 0.0404. The lowest BCUT2D eigenvalue weighted by molar-refractivity contribution is 0.599. The monoisotopic (exact) mass is 486 g/mol. The molecule has 0 saturated carbocycles. The third-order valence-electron chi connectivity index (χ3n) is 4.35. The van der Waals surface area contributed by atoms with Gasteiger partial charge in [0.25, 0.3) is 10.0 Å². The van der Waals surface area contributed by atoms with Gasteiger partial charge in [0, 0.05) is 10.2 Å². The summed E-state index contributed by atoms with van der Waals surface area (Å²) < 4.78 is 42.2. The van der Waals surface area contributed by atoms with Crippen molar-refractivity contribution in [3.63, 3.8) is 0 Å². The van der Waals surface area contributed by atoms with Crippen molar-refractivity contribution in [2.45, 2.75) is 11.8 Å². The zero-order valence-electron chi connectivity index (χ0n) is 15.7. The number of anilines is 3. The highest BCUT2D eigenvalue weighted by atomic mass is 79.9. The number of nitrogens with zero attached hydrogens (tertiary/aromatic N) is 2. The first-order valence-electron chi connectivity index (χ1n) is 8.90. The smallest absolute Gasteiger partial charge is 0.263 e. The summed E-state index contributed by atoms with van der Waals surface area (Å²) in [7, 11) is -4.00. The minimum atomic E-state index is -4.00. The lowest BCUT2D eigenvalue weighted by atomic mass is 10.2. The average molecular weight is 487 g/mol. The molecule has 4 aromatic rings. The summed E-state index contributed by atoms with van der Waals surface area (Å²) in [6.07, 6.45) is 0. The van der Waals surface area contributed by atoms with Crippen LogP contribution in [0.4, 0.5) is 21.7 Å². The predicted molar refractivity (Wildman–Crippen MR) is 119 cm³/mol. The first kappa shape index (κ1) is 20.2. The fraction of sp³-hybridized carbons (Fsp3) is 0.0476. The van der Waals surface area contributed by atoms with E-state index in [0.29, 0.717) is 11.0 Å². The summed E-state index contributed by atoms with van der Waals surface area (Å²) in [5, 5.41) is 3.13. The van der Waals surface area contributed by atoms with Gasteiger partial charge < -0.3 is 5.32 Å². The zero-order valence-corrected chi connectivity index (χ0v) is 18.1. The van der Waals surface area contributed by atoms with Gasteiger partial charge in [-0.25, -0.2) is 22.8 Å². The number of para-hydroxylation sites is 2. The van der Waals surface area contributed by atoms with Crippen LogP contribution in [0.5, 0.6) is 0 Å². The molecular weight excluding hydrogens is 471 g/mol. The van der Waals surface area contributed by atoms with Crippen LogP contribution in [0.25, 0.3) is 11.0 Å². The SMILES string of the molecule is Cc1cc(Nc2nc3ccccc3nc2NS(=O)(=O)c2ccc(F)cc2)ccc1Br. The highest BCUT2D eigenvalue weighted by Gasteiger charge is 2.19. The molecule has 0 bridgehead atoms. The second-order valence-corrected chi connectivity index (χ2v) is 9.09. The van der Waals surface area contributed by atoms with Crippen molar-refractivity contribution in [2.75, 3.05) is 10.0 Å². The van der Waals surface area contributed by atoms with Gasteiger partial charge in [0.05, 0.1) is 15.9 Å². The molecule has 6 nitrogen and oxygen atoms in total. The standard InChI is InChI=1S/C21H16BrFN4O2S/c1-13-12-15(8-11-17(13)22)24-20-21(26-19-5-3-2-4-18(19)25-20)27-30(28,29)16-9-6-14(23)7-10-16/h2-12H,1H3,(H,24,25)(H,26,27). The van der Waals surface area contributed by atoms with E-state index >= 15 is 0 Å². The van der Waals surface area contributed by atoms with Gasteiger partial charge in [0.2, 0.25) is 0 Å². The third-order valence-corrected chi connectivity index (χ3v) is 6.59. The molecule has 1 heterocycles. The Morgan fingerprint density at radius 3 is 2.17 bits per heavy atom. The van der Waals surface area contributed by atoms with E-state index in [-0.39, 0.29) is 16.5 Å². The molecule has 30 heavy (non-hydrogen) atoms. The molecule has 4 rings (SSSR count). The maximum atomic E-state index is 13.2. The molecule has 0 amide bonds. The van der Waals surface area contributed by atoms with Crippen molar-refractivity contribution in [1.82, 2.24) is 9.97 Å². The van der Waals surface area contributed by atoms with Crippen molar-refractivity contribution in [1.29, 1.82) is 0 Å². The number of hydrogen-bond donors (Lipinski definition) is 2. The first-order chi connectivity index (χ1) is 14.3. The summed E-state index contributed by atoms with van der Waals surface area (Å²) in [5.41, 5.74) is 2.87. The van der Waals surface area contributed by atoms with Gasteiger partial charge in [-0.2, -0.15) is 0 Å². The molecule has 9 heteroatoms. The Morgan fingerprint density at radius 2 is 1.53 bits per heavy atom. The lowest BCUT2D eigenvalue weighted by Crippen LogP contribution is -2.16. The fourth-order valence-electron chi connectivity index (χ4n) is 2.82. The second-order valence-electron chi connectivity index (χ2n) is 6.56. The molecule has 0 saturated heterocycles. The van der Waals surface area contributed by atoms with Gasteiger partial charge in [0.15, 0.2) is 11.6 Å². The molecule has 1 aromatic heterocycles. The highest BCUT2D eigenvalue weighted by molar-refractivity contribution is 9.10. The van der Waals surface area contributed by atoms with Crippen molar-refractivity contribution >= 4 is 54.3 Å². The van der Waals surface area contributed by atoms with Crippen LogP contribution >= 0.6 is 15.9 Å². The van der Waals surface area contributed by atoms with Crippen LogP contribution in [0.3, 0.4) is 0 Å². The molecule has 0 radical (unpaired) electrons. The van der Waals surface area contributed by atoms with Crippen molar-refractivity contribution in [3.05, 3.63) is 82.6 Å². The molecule has 0 unspecified atom stereocenters. The Kier molecular flexibility index (Phi) is 5.40. The molecule has 0 aliphatic rings. The lowest BCUT2D eigenvalue weighted by Gasteiger charge is -2.14. The molecule has 0 spiro atoms. The number of rotatable bonds is 5. The average Bonchev–Trinajstić information content (AvgIpc) is 2.71. The van der Waals surface area contributed by atoms with E-state index < -0.39 is 15.8 Å². The largest absolute Gasteiger partial charge is 0.337 e. The Hall–Kier alpha value is -3.04. The second kappa shape index (κ2) is 8.00. The van der Waals surface area contributed by atoms with Crippen molar-refractivity contribution in [3.8, 4) is 0 Å². The summed E-state index contributed by atoms with van der Waals surface area (Å²) in [6.45, 7) is 1.94. The third kappa shape index (κ3) is 4.27. The Labute approximate surface area is 181 Å². The molecule has 152 valence electrons. The van der Waals surface area contributed by atoms with E-state index in [1.165, 1.54) is 12.1 Å². The zero-order chi connectivity index (χ0) is 21.3. The van der Waals surface area contributed by atoms with E-state index in [1.54, 1.807) is 18.2 Å². The van der Waals surface area contributed by atoms with Crippen LogP contribution in [0.2, 0.25) is 0 Å². The first-order valence-corrected chi connectivity index (χ1v) is 11.2. The molecule has 0 aliphatic carbocycles. The number of sulfonamides is 1. The van der Waals surface area contributed by atoms with Crippen LogP contribution in [0, 0.1) is 12.7 Å². The summed E-state index contributed by atoms with van der Waals surface area (Å²) in [5.74, 6) is -0.230. The van der Waals surface area contributed by atoms with E-state index in [4.69, 9.17) is 0 Å². The van der Waals surface area contributed by atoms with Crippen LogP contribution < -0.4 is 10.0 Å². The molecule has 0 fully saturated rings. The van der Waals surface area contributed by atoms with Crippen LogP contribution in [0.15, 0.2) is 76.1 Å². The Bertz CT molecular complexity index is 1350. The fourth-order valence-corrected chi connectivity index (χ4v) is 4.07. The number of aromatic nitrogens is 2. The molecular formula is C21H16BrFN4O2S. The van der Waals surface area contributed by atoms with Crippen LogP contribution in [-0.2, 0) is 10.0 Å². The highest BCUT2D eigenvalue weighted by Crippen LogP contribution is 2.28. The van der Waals surface area contributed by atoms with Gasteiger partial charge >= 0.3 is 0 Å². The van der Waals surface area contributed by atoms with Gasteiger partial charge in [-0.3, -0.25) is 4.72 Å². The van der Waals surface area contributed by atoms with Crippen molar-refractivity contribution < 1.29 is 12.8 Å². The molecule has 0 atom stereocenters. The molecule has 3 aromatic carbocycles. The number of aryl methyl sites for hydroxylation is 1. The molecule has 2 N–H and O–H groups in total. The van der Waals surface area contributed by atoms with E-state index in [2.05, 4.69) is 35.9 Å². The summed E-state index contributed by atoms with van der Waals surface area (Å²) in [6, 6.07) is 17.3. The topological polar surface area (TPSA) is 84.0 Å². The normalized spacial score (nSPS) is 11.4. The van der Waals surface area contributed by atoms with E-state index in [1.807, 2.05) is 31.2 Å². The van der Waals surface area contributed by atoms with Gasteiger partial charge in [-0.1, -0.05) is 28.1 Å². The van der Waals surface area contributed by atoms with Gasteiger partial charge in [-0.05, 0) is 67.1 Å². The summed E-state index contributed by atoms with van der Waals surface area (Å²) in [4.78, 5) is 8.90. The maximum Gasteiger partial charge on any atom is 0.263 e. The number of benzene rings is 3.